The summed E-state index contributed by atoms with van der Waals surface area (Å²) in [4.78, 5) is 4.35. The summed E-state index contributed by atoms with van der Waals surface area (Å²) in [5.74, 6) is 1.02. The van der Waals surface area contributed by atoms with Crippen LogP contribution in [0.5, 0.6) is 0 Å². The Morgan fingerprint density at radius 2 is 2.16 bits per heavy atom. The predicted molar refractivity (Wildman–Crippen MR) is 75.0 cm³/mol. The van der Waals surface area contributed by atoms with Crippen molar-refractivity contribution in [2.45, 2.75) is 57.1 Å². The lowest BCUT2D eigenvalue weighted by atomic mass is 9.77. The number of methoxy groups -OCH3 is 1. The molecule has 5 heteroatoms. The minimum absolute atomic E-state index is 0.0415. The van der Waals surface area contributed by atoms with Crippen LogP contribution in [0, 0.1) is 0 Å². The highest BCUT2D eigenvalue weighted by molar-refractivity contribution is 5.01. The molecule has 1 saturated carbocycles. The van der Waals surface area contributed by atoms with Gasteiger partial charge in [0, 0.05) is 26.6 Å². The molecule has 0 amide bonds. The molecule has 1 N–H and O–H groups in total. The number of hydrogen-bond acceptors (Lipinski definition) is 4. The van der Waals surface area contributed by atoms with Crippen LogP contribution in [0.2, 0.25) is 0 Å². The zero-order chi connectivity index (χ0) is 13.7. The van der Waals surface area contributed by atoms with Crippen molar-refractivity contribution in [2.75, 3.05) is 13.7 Å². The molecule has 0 bridgehead atoms. The summed E-state index contributed by atoms with van der Waals surface area (Å²) in [5, 5.41) is 7.76. The molecule has 0 aromatic carbocycles. The van der Waals surface area contributed by atoms with Crippen molar-refractivity contribution in [3.8, 4) is 0 Å². The number of aryl methyl sites for hydroxylation is 1. The Morgan fingerprint density at radius 3 is 2.68 bits per heavy atom. The van der Waals surface area contributed by atoms with Crippen LogP contribution in [0.3, 0.4) is 0 Å². The first-order valence-corrected chi connectivity index (χ1v) is 7.33. The third-order valence-electron chi connectivity index (χ3n) is 4.38. The van der Waals surface area contributed by atoms with Crippen molar-refractivity contribution < 1.29 is 4.74 Å². The van der Waals surface area contributed by atoms with Crippen LogP contribution in [0.25, 0.3) is 0 Å². The minimum Gasteiger partial charge on any atom is -0.377 e. The fourth-order valence-electron chi connectivity index (χ4n) is 3.22. The van der Waals surface area contributed by atoms with Crippen molar-refractivity contribution in [2.24, 2.45) is 7.05 Å². The molecular weight excluding hydrogens is 240 g/mol. The van der Waals surface area contributed by atoms with E-state index in [4.69, 9.17) is 4.74 Å². The van der Waals surface area contributed by atoms with E-state index in [2.05, 4.69) is 22.3 Å². The Hall–Kier alpha value is -0.940. The molecule has 108 valence electrons. The first kappa shape index (κ1) is 14.5. The summed E-state index contributed by atoms with van der Waals surface area (Å²) in [6.07, 6.45) is 8.62. The molecule has 19 heavy (non-hydrogen) atoms. The van der Waals surface area contributed by atoms with Crippen molar-refractivity contribution in [1.82, 2.24) is 20.1 Å². The number of ether oxygens (including phenoxy) is 1. The SMILES string of the molecule is CCNC(Cc1ncnn1C)C1(OC)CCCCC1. The molecule has 1 aliphatic carbocycles. The van der Waals surface area contributed by atoms with Crippen LogP contribution in [0.1, 0.15) is 44.9 Å². The van der Waals surface area contributed by atoms with Gasteiger partial charge in [0.15, 0.2) is 0 Å². The molecule has 0 aliphatic heterocycles. The van der Waals surface area contributed by atoms with E-state index in [-0.39, 0.29) is 5.60 Å². The van der Waals surface area contributed by atoms with Gasteiger partial charge in [-0.15, -0.1) is 0 Å². The van der Waals surface area contributed by atoms with Crippen LogP contribution in [0.4, 0.5) is 0 Å². The molecule has 1 aromatic rings. The number of rotatable bonds is 6. The van der Waals surface area contributed by atoms with Gasteiger partial charge in [0.2, 0.25) is 0 Å². The van der Waals surface area contributed by atoms with E-state index >= 15 is 0 Å². The average Bonchev–Trinajstić information content (AvgIpc) is 2.84. The Bertz CT molecular complexity index is 385. The third-order valence-corrected chi connectivity index (χ3v) is 4.38. The highest BCUT2D eigenvalue weighted by Gasteiger charge is 2.40. The average molecular weight is 266 g/mol. The molecular formula is C14H26N4O. The van der Waals surface area contributed by atoms with Gasteiger partial charge in [0.1, 0.15) is 12.2 Å². The quantitative estimate of drug-likeness (QED) is 0.851. The number of likely N-dealkylation sites (N-methyl/N-ethyl adjacent to an activating group) is 1. The first-order valence-electron chi connectivity index (χ1n) is 7.33. The standard InChI is InChI=1S/C14H26N4O/c1-4-15-12(10-13-16-11-17-18(13)2)14(19-3)8-6-5-7-9-14/h11-12,15H,4-10H2,1-3H3. The van der Waals surface area contributed by atoms with E-state index in [1.807, 2.05) is 18.8 Å². The third kappa shape index (κ3) is 3.15. The second-order valence-corrected chi connectivity index (χ2v) is 5.44. The maximum atomic E-state index is 5.96. The van der Waals surface area contributed by atoms with Crippen LogP contribution in [-0.4, -0.2) is 40.1 Å². The number of hydrogen-bond donors (Lipinski definition) is 1. The lowest BCUT2D eigenvalue weighted by Gasteiger charge is -2.42. The zero-order valence-corrected chi connectivity index (χ0v) is 12.4. The van der Waals surface area contributed by atoms with Gasteiger partial charge in [-0.2, -0.15) is 5.10 Å². The fraction of sp³-hybridized carbons (Fsp3) is 0.857. The number of nitrogens with one attached hydrogen (secondary N) is 1. The summed E-state index contributed by atoms with van der Waals surface area (Å²) >= 11 is 0. The summed E-state index contributed by atoms with van der Waals surface area (Å²) in [6, 6.07) is 0.311. The van der Waals surface area contributed by atoms with E-state index in [0.717, 1.165) is 31.6 Å². The van der Waals surface area contributed by atoms with E-state index < -0.39 is 0 Å². The highest BCUT2D eigenvalue weighted by atomic mass is 16.5. The van der Waals surface area contributed by atoms with Gasteiger partial charge < -0.3 is 10.1 Å². The van der Waals surface area contributed by atoms with Crippen LogP contribution in [0.15, 0.2) is 6.33 Å². The van der Waals surface area contributed by atoms with Gasteiger partial charge in [-0.3, -0.25) is 4.68 Å². The molecule has 1 unspecified atom stereocenters. The second-order valence-electron chi connectivity index (χ2n) is 5.44. The number of nitrogens with zero attached hydrogens (tertiary/aromatic N) is 3. The van der Waals surface area contributed by atoms with Crippen molar-refractivity contribution in [1.29, 1.82) is 0 Å². The predicted octanol–water partition coefficient (Wildman–Crippen LogP) is 1.68. The van der Waals surface area contributed by atoms with Crippen LogP contribution >= 0.6 is 0 Å². The Labute approximate surface area is 115 Å². The molecule has 1 aliphatic rings. The summed E-state index contributed by atoms with van der Waals surface area (Å²) < 4.78 is 7.82. The van der Waals surface area contributed by atoms with Gasteiger partial charge in [0.25, 0.3) is 0 Å². The maximum absolute atomic E-state index is 5.96. The van der Waals surface area contributed by atoms with Gasteiger partial charge in [0.05, 0.1) is 5.60 Å². The molecule has 1 atom stereocenters. The molecule has 1 aromatic heterocycles. The second kappa shape index (κ2) is 6.48. The summed E-state index contributed by atoms with van der Waals surface area (Å²) in [5.41, 5.74) is -0.0415. The van der Waals surface area contributed by atoms with Crippen LogP contribution in [-0.2, 0) is 18.2 Å². The van der Waals surface area contributed by atoms with E-state index in [9.17, 15) is 0 Å². The first-order chi connectivity index (χ1) is 9.22. The zero-order valence-electron chi connectivity index (χ0n) is 12.4. The van der Waals surface area contributed by atoms with Gasteiger partial charge >= 0.3 is 0 Å². The summed E-state index contributed by atoms with van der Waals surface area (Å²) in [7, 11) is 3.80. The maximum Gasteiger partial charge on any atom is 0.138 e. The van der Waals surface area contributed by atoms with Crippen LogP contribution < -0.4 is 5.32 Å². The Balaban J connectivity index is 2.15. The van der Waals surface area contributed by atoms with Gasteiger partial charge in [-0.25, -0.2) is 4.98 Å². The van der Waals surface area contributed by atoms with Crippen molar-refractivity contribution in [3.63, 3.8) is 0 Å². The van der Waals surface area contributed by atoms with E-state index in [1.165, 1.54) is 19.3 Å². The monoisotopic (exact) mass is 266 g/mol. The topological polar surface area (TPSA) is 52.0 Å². The van der Waals surface area contributed by atoms with Crippen molar-refractivity contribution >= 4 is 0 Å². The smallest absolute Gasteiger partial charge is 0.138 e. The Morgan fingerprint density at radius 1 is 1.42 bits per heavy atom. The molecule has 0 saturated heterocycles. The minimum atomic E-state index is -0.0415. The summed E-state index contributed by atoms with van der Waals surface area (Å²) in [6.45, 7) is 3.10. The highest BCUT2D eigenvalue weighted by Crippen LogP contribution is 2.35. The molecule has 5 nitrogen and oxygen atoms in total. The molecule has 0 radical (unpaired) electrons. The lowest BCUT2D eigenvalue weighted by Crippen LogP contribution is -2.54. The molecule has 1 fully saturated rings. The normalized spacial score (nSPS) is 20.4. The van der Waals surface area contributed by atoms with Crippen molar-refractivity contribution in [3.05, 3.63) is 12.2 Å². The van der Waals surface area contributed by atoms with E-state index in [0.29, 0.717) is 6.04 Å². The number of aromatic nitrogens is 3. The fourth-order valence-corrected chi connectivity index (χ4v) is 3.22. The van der Waals surface area contributed by atoms with E-state index in [1.54, 1.807) is 6.33 Å². The van der Waals surface area contributed by atoms with Gasteiger partial charge in [-0.05, 0) is 19.4 Å². The molecule has 1 heterocycles. The molecule has 0 spiro atoms. The van der Waals surface area contributed by atoms with Gasteiger partial charge in [-0.1, -0.05) is 26.2 Å². The lowest BCUT2D eigenvalue weighted by molar-refractivity contribution is -0.0675. The molecule has 2 rings (SSSR count). The largest absolute Gasteiger partial charge is 0.377 e. The Kier molecular flexibility index (Phi) is 4.93.